The Hall–Kier alpha value is -2.71. The van der Waals surface area contributed by atoms with Gasteiger partial charge in [0, 0.05) is 12.1 Å². The van der Waals surface area contributed by atoms with Gasteiger partial charge in [-0.25, -0.2) is 9.97 Å². The summed E-state index contributed by atoms with van der Waals surface area (Å²) in [6, 6.07) is 8.25. The first-order valence-corrected chi connectivity index (χ1v) is 9.54. The number of aromatic nitrogens is 3. The number of non-ortho nitro benzene ring substituents is 1. The molecule has 4 rings (SSSR count). The molecule has 0 bridgehead atoms. The molecule has 0 radical (unpaired) electrons. The maximum absolute atomic E-state index is 10.9. The third-order valence-electron chi connectivity index (χ3n) is 4.99. The number of nitro benzene ring substituents is 1. The average molecular weight is 402 g/mol. The van der Waals surface area contributed by atoms with Crippen LogP contribution in [-0.2, 0) is 6.54 Å². The molecule has 1 N–H and O–H groups in total. The lowest BCUT2D eigenvalue weighted by atomic mass is 9.98. The van der Waals surface area contributed by atoms with Gasteiger partial charge >= 0.3 is 0 Å². The zero-order valence-corrected chi connectivity index (χ0v) is 15.9. The smallest absolute Gasteiger partial charge is 0.271 e. The molecule has 3 aromatic rings. The number of fused-ring (bicyclic) bond motifs is 1. The lowest BCUT2D eigenvalue weighted by Gasteiger charge is -2.31. The topological polar surface area (TPSA) is 97.2 Å². The first kappa shape index (κ1) is 18.6. The number of ether oxygens (including phenoxy) is 1. The standard InChI is InChI=1S/C19H20ClN5O3/c20-18-4-2-15(10-21-18)28-12-13-5-7-24(8-6-13)11-19-22-16-3-1-14(25(26)27)9-17(16)23-19/h1-4,9-10,13H,5-8,11-12H2,(H,22,23). The van der Waals surface area contributed by atoms with Crippen LogP contribution in [0.3, 0.4) is 0 Å². The first-order valence-electron chi connectivity index (χ1n) is 9.16. The second kappa shape index (κ2) is 8.12. The lowest BCUT2D eigenvalue weighted by molar-refractivity contribution is -0.384. The van der Waals surface area contributed by atoms with E-state index in [0.29, 0.717) is 29.7 Å². The Morgan fingerprint density at radius 3 is 2.82 bits per heavy atom. The molecule has 1 fully saturated rings. The van der Waals surface area contributed by atoms with Gasteiger partial charge in [0.1, 0.15) is 16.7 Å². The molecule has 1 saturated heterocycles. The summed E-state index contributed by atoms with van der Waals surface area (Å²) in [6.07, 6.45) is 3.74. The molecular weight excluding hydrogens is 382 g/mol. The summed E-state index contributed by atoms with van der Waals surface area (Å²) in [4.78, 5) is 24.6. The highest BCUT2D eigenvalue weighted by atomic mass is 35.5. The van der Waals surface area contributed by atoms with Crippen molar-refractivity contribution in [3.05, 3.63) is 57.6 Å². The largest absolute Gasteiger partial charge is 0.492 e. The van der Waals surface area contributed by atoms with Crippen LogP contribution in [0.25, 0.3) is 11.0 Å². The number of piperidine rings is 1. The van der Waals surface area contributed by atoms with Gasteiger partial charge in [-0.1, -0.05) is 11.6 Å². The molecular formula is C19H20ClN5O3. The molecule has 3 heterocycles. The highest BCUT2D eigenvalue weighted by molar-refractivity contribution is 6.29. The third kappa shape index (κ3) is 4.40. The van der Waals surface area contributed by atoms with E-state index in [1.807, 2.05) is 6.07 Å². The van der Waals surface area contributed by atoms with E-state index in [1.54, 1.807) is 18.3 Å². The summed E-state index contributed by atoms with van der Waals surface area (Å²) >= 11 is 5.78. The van der Waals surface area contributed by atoms with Crippen molar-refractivity contribution in [3.63, 3.8) is 0 Å². The van der Waals surface area contributed by atoms with Crippen LogP contribution in [0.15, 0.2) is 36.5 Å². The fourth-order valence-electron chi connectivity index (χ4n) is 3.42. The van der Waals surface area contributed by atoms with Crippen LogP contribution in [0.2, 0.25) is 5.15 Å². The zero-order valence-electron chi connectivity index (χ0n) is 15.2. The molecule has 0 saturated carbocycles. The van der Waals surface area contributed by atoms with Crippen molar-refractivity contribution in [1.29, 1.82) is 0 Å². The predicted octanol–water partition coefficient (Wildman–Crippen LogP) is 3.81. The number of likely N-dealkylation sites (tertiary alicyclic amines) is 1. The summed E-state index contributed by atoms with van der Waals surface area (Å²) in [6.45, 7) is 3.30. The first-order chi connectivity index (χ1) is 13.6. The molecule has 0 aliphatic carbocycles. The SMILES string of the molecule is O=[N+]([O-])c1ccc2nc(CN3CCC(COc4ccc(Cl)nc4)CC3)[nH]c2c1. The summed E-state index contributed by atoms with van der Waals surface area (Å²) in [5.74, 6) is 2.07. The Morgan fingerprint density at radius 2 is 2.11 bits per heavy atom. The van der Waals surface area contributed by atoms with Crippen LogP contribution in [0.5, 0.6) is 5.75 Å². The van der Waals surface area contributed by atoms with Crippen molar-refractivity contribution >= 4 is 28.3 Å². The molecule has 1 aliphatic heterocycles. The average Bonchev–Trinajstić information content (AvgIpc) is 3.10. The summed E-state index contributed by atoms with van der Waals surface area (Å²) in [5, 5.41) is 11.4. The van der Waals surface area contributed by atoms with Crippen LogP contribution in [0, 0.1) is 16.0 Å². The minimum Gasteiger partial charge on any atom is -0.492 e. The van der Waals surface area contributed by atoms with Crippen LogP contribution in [0.1, 0.15) is 18.7 Å². The van der Waals surface area contributed by atoms with Gasteiger partial charge in [-0.15, -0.1) is 0 Å². The lowest BCUT2D eigenvalue weighted by Crippen LogP contribution is -2.35. The van der Waals surface area contributed by atoms with Gasteiger partial charge in [0.15, 0.2) is 0 Å². The zero-order chi connectivity index (χ0) is 19.5. The van der Waals surface area contributed by atoms with E-state index in [-0.39, 0.29) is 5.69 Å². The van der Waals surface area contributed by atoms with Crippen LogP contribution >= 0.6 is 11.6 Å². The van der Waals surface area contributed by atoms with Crippen molar-refractivity contribution in [2.45, 2.75) is 19.4 Å². The second-order valence-corrected chi connectivity index (χ2v) is 7.38. The van der Waals surface area contributed by atoms with Gasteiger partial charge in [-0.05, 0) is 50.0 Å². The van der Waals surface area contributed by atoms with Gasteiger partial charge in [0.2, 0.25) is 0 Å². The van der Waals surface area contributed by atoms with E-state index in [0.717, 1.165) is 43.0 Å². The number of rotatable bonds is 6. The number of imidazole rings is 1. The Morgan fingerprint density at radius 1 is 1.29 bits per heavy atom. The molecule has 28 heavy (non-hydrogen) atoms. The highest BCUT2D eigenvalue weighted by Crippen LogP contribution is 2.23. The van der Waals surface area contributed by atoms with E-state index in [1.165, 1.54) is 12.1 Å². The van der Waals surface area contributed by atoms with Gasteiger partial charge in [0.25, 0.3) is 5.69 Å². The summed E-state index contributed by atoms with van der Waals surface area (Å²) in [7, 11) is 0. The number of nitrogens with zero attached hydrogens (tertiary/aromatic N) is 4. The van der Waals surface area contributed by atoms with Crippen LogP contribution in [0.4, 0.5) is 5.69 Å². The molecule has 2 aromatic heterocycles. The van der Waals surface area contributed by atoms with E-state index < -0.39 is 4.92 Å². The maximum Gasteiger partial charge on any atom is 0.271 e. The number of nitrogens with one attached hydrogen (secondary N) is 1. The Bertz CT molecular complexity index is 967. The molecule has 0 atom stereocenters. The molecule has 1 aliphatic rings. The van der Waals surface area contributed by atoms with Crippen molar-refractivity contribution in [1.82, 2.24) is 19.9 Å². The highest BCUT2D eigenvalue weighted by Gasteiger charge is 2.21. The third-order valence-corrected chi connectivity index (χ3v) is 5.22. The number of benzene rings is 1. The quantitative estimate of drug-likeness (QED) is 0.383. The fraction of sp³-hybridized carbons (Fsp3) is 0.368. The van der Waals surface area contributed by atoms with Crippen LogP contribution < -0.4 is 4.74 Å². The van der Waals surface area contributed by atoms with E-state index in [2.05, 4.69) is 19.9 Å². The second-order valence-electron chi connectivity index (χ2n) is 6.99. The van der Waals surface area contributed by atoms with Crippen molar-refractivity contribution in [2.75, 3.05) is 19.7 Å². The number of aromatic amines is 1. The Labute approximate surface area is 166 Å². The molecule has 0 spiro atoms. The van der Waals surface area contributed by atoms with E-state index in [4.69, 9.17) is 16.3 Å². The minimum atomic E-state index is -0.396. The van der Waals surface area contributed by atoms with E-state index in [9.17, 15) is 10.1 Å². The molecule has 0 amide bonds. The normalized spacial score (nSPS) is 15.8. The van der Waals surface area contributed by atoms with Crippen LogP contribution in [-0.4, -0.2) is 44.5 Å². The van der Waals surface area contributed by atoms with Gasteiger partial charge in [-0.2, -0.15) is 0 Å². The van der Waals surface area contributed by atoms with E-state index >= 15 is 0 Å². The fourth-order valence-corrected chi connectivity index (χ4v) is 3.54. The molecule has 1 aromatic carbocycles. The maximum atomic E-state index is 10.9. The van der Waals surface area contributed by atoms with Crippen molar-refractivity contribution in [2.24, 2.45) is 5.92 Å². The number of hydrogen-bond acceptors (Lipinski definition) is 6. The molecule has 9 heteroatoms. The van der Waals surface area contributed by atoms with Gasteiger partial charge < -0.3 is 9.72 Å². The number of pyridine rings is 1. The van der Waals surface area contributed by atoms with Gasteiger partial charge in [-0.3, -0.25) is 15.0 Å². The minimum absolute atomic E-state index is 0.0689. The monoisotopic (exact) mass is 401 g/mol. The number of H-pyrrole nitrogens is 1. The summed E-state index contributed by atoms with van der Waals surface area (Å²) < 4.78 is 5.81. The molecule has 0 unspecified atom stereocenters. The number of nitro groups is 1. The molecule has 8 nitrogen and oxygen atoms in total. The van der Waals surface area contributed by atoms with Crippen molar-refractivity contribution < 1.29 is 9.66 Å². The van der Waals surface area contributed by atoms with Crippen molar-refractivity contribution in [3.8, 4) is 5.75 Å². The molecule has 146 valence electrons. The number of hydrogen-bond donors (Lipinski definition) is 1. The summed E-state index contributed by atoms with van der Waals surface area (Å²) in [5.41, 5.74) is 1.52. The Kier molecular flexibility index (Phi) is 5.40. The predicted molar refractivity (Wildman–Crippen MR) is 105 cm³/mol. The number of halogens is 1. The Balaban J connectivity index is 1.28. The van der Waals surface area contributed by atoms with Gasteiger partial charge in [0.05, 0.1) is 35.3 Å².